The van der Waals surface area contributed by atoms with Crippen LogP contribution in [-0.4, -0.2) is 33.0 Å². The molecule has 4 aromatic rings. The van der Waals surface area contributed by atoms with Gasteiger partial charge in [0.15, 0.2) is 5.69 Å². The minimum absolute atomic E-state index is 0.0592. The fourth-order valence-corrected chi connectivity index (χ4v) is 3.71. The third-order valence-electron chi connectivity index (χ3n) is 4.51. The summed E-state index contributed by atoms with van der Waals surface area (Å²) in [6.45, 7) is 2.33. The first-order valence-corrected chi connectivity index (χ1v) is 10.2. The van der Waals surface area contributed by atoms with Crippen molar-refractivity contribution in [2.45, 2.75) is 19.5 Å². The van der Waals surface area contributed by atoms with Gasteiger partial charge in [-0.15, -0.1) is 11.3 Å². The summed E-state index contributed by atoms with van der Waals surface area (Å²) < 4.78 is 5.81. The maximum Gasteiger partial charge on any atom is 0.271 e. The number of carbonyl (C=O) groups is 1. The van der Waals surface area contributed by atoms with E-state index in [1.807, 2.05) is 36.6 Å². The number of rotatable bonds is 7. The number of carbonyl (C=O) groups excluding carboxylic acids is 1. The third-order valence-corrected chi connectivity index (χ3v) is 5.42. The van der Waals surface area contributed by atoms with E-state index in [2.05, 4.69) is 30.6 Å². The van der Waals surface area contributed by atoms with Gasteiger partial charge in [0.25, 0.3) is 5.91 Å². The summed E-state index contributed by atoms with van der Waals surface area (Å²) >= 11 is 1.44. The van der Waals surface area contributed by atoms with Crippen LogP contribution in [0.15, 0.2) is 54.3 Å². The minimum atomic E-state index is -0.266. The molecule has 4 heterocycles. The minimum Gasteiger partial charge on any atom is -0.481 e. The smallest absolute Gasteiger partial charge is 0.271 e. The van der Waals surface area contributed by atoms with Gasteiger partial charge in [-0.2, -0.15) is 0 Å². The van der Waals surface area contributed by atoms with Gasteiger partial charge in [-0.25, -0.2) is 15.0 Å². The first-order chi connectivity index (χ1) is 14.6. The Hall–Kier alpha value is -3.59. The molecule has 4 aromatic heterocycles. The Labute approximate surface area is 177 Å². The van der Waals surface area contributed by atoms with Crippen molar-refractivity contribution >= 4 is 33.4 Å². The largest absolute Gasteiger partial charge is 0.481 e. The molecule has 9 heteroatoms. The predicted molar refractivity (Wildman–Crippen MR) is 116 cm³/mol. The molecule has 0 bridgehead atoms. The number of nitrogens with zero attached hydrogens (tertiary/aromatic N) is 4. The quantitative estimate of drug-likeness (QED) is 0.471. The number of hydrogen-bond acceptors (Lipinski definition) is 8. The van der Waals surface area contributed by atoms with Crippen molar-refractivity contribution in [1.82, 2.24) is 25.3 Å². The van der Waals surface area contributed by atoms with Gasteiger partial charge < -0.3 is 15.4 Å². The third kappa shape index (κ3) is 4.36. The van der Waals surface area contributed by atoms with Crippen LogP contribution in [0.4, 0.5) is 5.95 Å². The zero-order chi connectivity index (χ0) is 20.9. The molecular formula is C21H20N6O2S. The topological polar surface area (TPSA) is 102 Å². The van der Waals surface area contributed by atoms with Crippen molar-refractivity contribution in [2.24, 2.45) is 0 Å². The maximum absolute atomic E-state index is 12.9. The van der Waals surface area contributed by atoms with Crippen LogP contribution in [0.3, 0.4) is 0 Å². The van der Waals surface area contributed by atoms with E-state index in [1.165, 1.54) is 11.3 Å². The van der Waals surface area contributed by atoms with Crippen LogP contribution in [0.25, 0.3) is 10.2 Å². The fraction of sp³-hybridized carbons (Fsp3) is 0.190. The maximum atomic E-state index is 12.9. The lowest BCUT2D eigenvalue weighted by Crippen LogP contribution is -2.24. The lowest BCUT2D eigenvalue weighted by molar-refractivity contribution is 0.0948. The average Bonchev–Trinajstić information content (AvgIpc) is 3.26. The van der Waals surface area contributed by atoms with Crippen LogP contribution >= 0.6 is 11.3 Å². The molecule has 4 rings (SSSR count). The Morgan fingerprint density at radius 3 is 2.83 bits per heavy atom. The van der Waals surface area contributed by atoms with Crippen molar-refractivity contribution in [2.75, 3.05) is 12.4 Å². The molecule has 0 saturated heterocycles. The van der Waals surface area contributed by atoms with Gasteiger partial charge in [-0.05, 0) is 35.6 Å². The Morgan fingerprint density at radius 1 is 1.20 bits per heavy atom. The van der Waals surface area contributed by atoms with Crippen LogP contribution < -0.4 is 15.4 Å². The zero-order valence-corrected chi connectivity index (χ0v) is 17.3. The molecule has 0 aliphatic heterocycles. The lowest BCUT2D eigenvalue weighted by atomic mass is 10.1. The molecule has 0 aliphatic rings. The number of fused-ring (bicyclic) bond motifs is 1. The Bertz CT molecular complexity index is 1150. The van der Waals surface area contributed by atoms with Gasteiger partial charge in [0.05, 0.1) is 23.4 Å². The molecule has 1 atom stereocenters. The Balaban J connectivity index is 1.53. The van der Waals surface area contributed by atoms with Crippen molar-refractivity contribution in [3.05, 3.63) is 71.1 Å². The van der Waals surface area contributed by atoms with Crippen molar-refractivity contribution in [3.8, 4) is 5.88 Å². The highest BCUT2D eigenvalue weighted by Gasteiger charge is 2.17. The number of aromatic nitrogens is 4. The summed E-state index contributed by atoms with van der Waals surface area (Å²) in [6, 6.07) is 9.29. The van der Waals surface area contributed by atoms with E-state index in [0.29, 0.717) is 24.1 Å². The molecular weight excluding hydrogens is 400 g/mol. The molecule has 0 aliphatic carbocycles. The van der Waals surface area contributed by atoms with E-state index in [-0.39, 0.29) is 11.9 Å². The van der Waals surface area contributed by atoms with E-state index in [4.69, 9.17) is 4.74 Å². The molecule has 1 amide bonds. The van der Waals surface area contributed by atoms with E-state index in [0.717, 1.165) is 21.3 Å². The Kier molecular flexibility index (Phi) is 5.80. The standard InChI is InChI=1S/C21H20N6O2S/c1-13(15-4-3-8-22-12-15)25-21-26-16-7-9-30-19(16)18(27-21)20(28)24-11-14-5-6-17(29-2)23-10-14/h3-10,12-13H,11H2,1-2H3,(H,24,28)(H,25,26,27)/t13-/m0/s1. The van der Waals surface area contributed by atoms with Crippen LogP contribution in [-0.2, 0) is 6.54 Å². The predicted octanol–water partition coefficient (Wildman–Crippen LogP) is 3.59. The SMILES string of the molecule is COc1ccc(CNC(=O)c2nc(N[C@@H](C)c3cccnc3)nc3ccsc23)cn1. The highest BCUT2D eigenvalue weighted by Crippen LogP contribution is 2.25. The van der Waals surface area contributed by atoms with Gasteiger partial charge >= 0.3 is 0 Å². The van der Waals surface area contributed by atoms with Crippen LogP contribution in [0, 0.1) is 0 Å². The van der Waals surface area contributed by atoms with Gasteiger partial charge in [-0.1, -0.05) is 12.1 Å². The molecule has 0 aromatic carbocycles. The number of pyridine rings is 2. The fourth-order valence-electron chi connectivity index (χ4n) is 2.89. The zero-order valence-electron chi connectivity index (χ0n) is 16.5. The number of anilines is 1. The Morgan fingerprint density at radius 2 is 2.10 bits per heavy atom. The highest BCUT2D eigenvalue weighted by atomic mass is 32.1. The second-order valence-corrected chi connectivity index (χ2v) is 7.49. The van der Waals surface area contributed by atoms with Crippen molar-refractivity contribution in [3.63, 3.8) is 0 Å². The first-order valence-electron chi connectivity index (χ1n) is 9.33. The molecule has 0 radical (unpaired) electrons. The van der Waals surface area contributed by atoms with E-state index >= 15 is 0 Å². The van der Waals surface area contributed by atoms with E-state index in [1.54, 1.807) is 31.8 Å². The molecule has 152 valence electrons. The van der Waals surface area contributed by atoms with Crippen molar-refractivity contribution in [1.29, 1.82) is 0 Å². The summed E-state index contributed by atoms with van der Waals surface area (Å²) in [4.78, 5) is 30.2. The molecule has 0 unspecified atom stereocenters. The van der Waals surface area contributed by atoms with E-state index in [9.17, 15) is 4.79 Å². The summed E-state index contributed by atoms with van der Waals surface area (Å²) in [5.41, 5.74) is 2.94. The van der Waals surface area contributed by atoms with Gasteiger partial charge in [0, 0.05) is 31.2 Å². The first kappa shape index (κ1) is 19.7. The summed E-state index contributed by atoms with van der Waals surface area (Å²) in [5, 5.41) is 8.07. The van der Waals surface area contributed by atoms with E-state index < -0.39 is 0 Å². The molecule has 0 spiro atoms. The second kappa shape index (κ2) is 8.83. The van der Waals surface area contributed by atoms with Crippen LogP contribution in [0.5, 0.6) is 5.88 Å². The van der Waals surface area contributed by atoms with Crippen molar-refractivity contribution < 1.29 is 9.53 Å². The van der Waals surface area contributed by atoms with Gasteiger partial charge in [0.1, 0.15) is 0 Å². The normalized spacial score (nSPS) is 11.8. The van der Waals surface area contributed by atoms with Gasteiger partial charge in [0.2, 0.25) is 11.8 Å². The molecule has 0 saturated carbocycles. The van der Waals surface area contributed by atoms with Crippen LogP contribution in [0.2, 0.25) is 0 Å². The summed E-state index contributed by atoms with van der Waals surface area (Å²) in [6.07, 6.45) is 5.19. The summed E-state index contributed by atoms with van der Waals surface area (Å²) in [7, 11) is 1.56. The number of amides is 1. The number of thiophene rings is 1. The molecule has 0 fully saturated rings. The highest BCUT2D eigenvalue weighted by molar-refractivity contribution is 7.17. The number of methoxy groups -OCH3 is 1. The monoisotopic (exact) mass is 420 g/mol. The van der Waals surface area contributed by atoms with Crippen LogP contribution in [0.1, 0.15) is 34.6 Å². The average molecular weight is 420 g/mol. The second-order valence-electron chi connectivity index (χ2n) is 6.57. The lowest BCUT2D eigenvalue weighted by Gasteiger charge is -2.14. The molecule has 2 N–H and O–H groups in total. The summed E-state index contributed by atoms with van der Waals surface area (Å²) in [5.74, 6) is 0.658. The molecule has 8 nitrogen and oxygen atoms in total. The number of hydrogen-bond donors (Lipinski definition) is 2. The van der Waals surface area contributed by atoms with Gasteiger partial charge in [-0.3, -0.25) is 9.78 Å². The number of ether oxygens (including phenoxy) is 1. The molecule has 30 heavy (non-hydrogen) atoms. The number of nitrogens with one attached hydrogen (secondary N) is 2.